The molecule has 3 N–H and O–H groups in total. The Hall–Kier alpha value is -3.18. The Morgan fingerprint density at radius 2 is 1.46 bits per heavy atom. The molecule has 0 aromatic heterocycles. The summed E-state index contributed by atoms with van der Waals surface area (Å²) in [6, 6.07) is 14.9. The van der Waals surface area contributed by atoms with Gasteiger partial charge in [0.05, 0.1) is 7.11 Å². The van der Waals surface area contributed by atoms with Gasteiger partial charge in [-0.2, -0.15) is 0 Å². The number of hydrogen-bond donors (Lipinski definition) is 3. The van der Waals surface area contributed by atoms with E-state index in [1.54, 1.807) is 48.5 Å². The molecular formula is C22H19ClO5. The molecule has 0 radical (unpaired) electrons. The van der Waals surface area contributed by atoms with E-state index in [0.717, 1.165) is 0 Å². The second-order valence-corrected chi connectivity index (χ2v) is 6.80. The highest BCUT2D eigenvalue weighted by atomic mass is 35.5. The zero-order valence-electron chi connectivity index (χ0n) is 15.1. The molecule has 0 bridgehead atoms. The van der Waals surface area contributed by atoms with Crippen LogP contribution in [-0.2, 0) is 17.6 Å². The van der Waals surface area contributed by atoms with Crippen LogP contribution >= 0.6 is 11.6 Å². The number of carbonyl (C=O) groups excluding carboxylic acids is 1. The van der Waals surface area contributed by atoms with Crippen molar-refractivity contribution in [3.8, 4) is 17.2 Å². The van der Waals surface area contributed by atoms with Gasteiger partial charge in [-0.1, -0.05) is 41.9 Å². The average Bonchev–Trinajstić information content (AvgIpc) is 2.68. The highest BCUT2D eigenvalue weighted by Gasteiger charge is 2.17. The number of aromatic hydroxyl groups is 3. The summed E-state index contributed by atoms with van der Waals surface area (Å²) in [7, 11) is 1.24. The molecule has 6 heteroatoms. The summed E-state index contributed by atoms with van der Waals surface area (Å²) < 4.78 is 4.67. The van der Waals surface area contributed by atoms with E-state index in [-0.39, 0.29) is 29.2 Å². The van der Waals surface area contributed by atoms with E-state index in [1.807, 2.05) is 0 Å². The fraction of sp³-hybridized carbons (Fsp3) is 0.136. The molecule has 5 nitrogen and oxygen atoms in total. The quantitative estimate of drug-likeness (QED) is 0.553. The number of rotatable bonds is 5. The van der Waals surface area contributed by atoms with Gasteiger partial charge in [0.1, 0.15) is 22.8 Å². The Morgan fingerprint density at radius 3 is 2.11 bits per heavy atom. The predicted molar refractivity (Wildman–Crippen MR) is 106 cm³/mol. The van der Waals surface area contributed by atoms with Crippen LogP contribution in [0, 0.1) is 0 Å². The van der Waals surface area contributed by atoms with Gasteiger partial charge in [-0.05, 0) is 35.4 Å². The Labute approximate surface area is 167 Å². The third kappa shape index (κ3) is 4.05. The molecule has 0 unspecified atom stereocenters. The van der Waals surface area contributed by atoms with Crippen LogP contribution < -0.4 is 0 Å². The van der Waals surface area contributed by atoms with E-state index < -0.39 is 5.97 Å². The van der Waals surface area contributed by atoms with Gasteiger partial charge >= 0.3 is 5.97 Å². The number of para-hydroxylation sites is 2. The van der Waals surface area contributed by atoms with Crippen molar-refractivity contribution < 1.29 is 24.9 Å². The molecule has 0 fully saturated rings. The maximum atomic E-state index is 11.8. The van der Waals surface area contributed by atoms with Gasteiger partial charge in [0.25, 0.3) is 0 Å². The van der Waals surface area contributed by atoms with Crippen LogP contribution in [0.5, 0.6) is 17.2 Å². The topological polar surface area (TPSA) is 87.0 Å². The number of halogens is 1. The minimum atomic E-state index is -0.644. The van der Waals surface area contributed by atoms with E-state index in [4.69, 9.17) is 11.6 Å². The molecule has 0 aliphatic heterocycles. The molecule has 0 heterocycles. The lowest BCUT2D eigenvalue weighted by Crippen LogP contribution is -2.03. The molecule has 0 saturated heterocycles. The first-order valence-corrected chi connectivity index (χ1v) is 8.94. The van der Waals surface area contributed by atoms with E-state index >= 15 is 0 Å². The third-order valence-corrected chi connectivity index (χ3v) is 4.73. The summed E-state index contributed by atoms with van der Waals surface area (Å²) in [4.78, 5) is 11.8. The van der Waals surface area contributed by atoms with Crippen LogP contribution in [0.15, 0.2) is 54.6 Å². The predicted octanol–water partition coefficient (Wildman–Crippen LogP) is 4.43. The first-order valence-electron chi connectivity index (χ1n) is 8.57. The number of ether oxygens (including phenoxy) is 1. The summed E-state index contributed by atoms with van der Waals surface area (Å²) in [5, 5.41) is 31.5. The molecule has 0 atom stereocenters. The highest BCUT2D eigenvalue weighted by Crippen LogP contribution is 2.34. The van der Waals surface area contributed by atoms with Crippen molar-refractivity contribution in [1.82, 2.24) is 0 Å². The van der Waals surface area contributed by atoms with Crippen molar-refractivity contribution >= 4 is 17.6 Å². The second kappa shape index (κ2) is 8.23. The smallest absolute Gasteiger partial charge is 0.341 e. The number of methoxy groups -OCH3 is 1. The van der Waals surface area contributed by atoms with Gasteiger partial charge in [-0.3, -0.25) is 0 Å². The minimum absolute atomic E-state index is 0.0236. The lowest BCUT2D eigenvalue weighted by atomic mass is 9.96. The van der Waals surface area contributed by atoms with Crippen molar-refractivity contribution in [2.45, 2.75) is 12.8 Å². The van der Waals surface area contributed by atoms with Crippen LogP contribution in [0.2, 0.25) is 5.02 Å². The summed E-state index contributed by atoms with van der Waals surface area (Å²) in [6.07, 6.45) is 0.455. The monoisotopic (exact) mass is 398 g/mol. The molecule has 144 valence electrons. The number of esters is 1. The number of carbonyl (C=O) groups is 1. The first-order chi connectivity index (χ1) is 13.4. The van der Waals surface area contributed by atoms with Gasteiger partial charge in [-0.15, -0.1) is 0 Å². The second-order valence-electron chi connectivity index (χ2n) is 6.36. The molecule has 28 heavy (non-hydrogen) atoms. The standard InChI is InChI=1S/C22H19ClO5/c1-28-22(27)18-7-4-6-14(21(18)26)10-16-12-17(23)11-15(20(16)25)9-13-5-2-3-8-19(13)24/h2-8,11-12,24-26H,9-10H2,1H3. The lowest BCUT2D eigenvalue weighted by Gasteiger charge is -2.13. The SMILES string of the molecule is COC(=O)c1cccc(Cc2cc(Cl)cc(Cc3ccccc3O)c2O)c1O. The molecule has 0 amide bonds. The van der Waals surface area contributed by atoms with Crippen molar-refractivity contribution in [3.05, 3.63) is 87.4 Å². The van der Waals surface area contributed by atoms with Gasteiger partial charge in [0, 0.05) is 29.0 Å². The average molecular weight is 399 g/mol. The summed E-state index contributed by atoms with van der Waals surface area (Å²) in [5.74, 6) is -0.687. The van der Waals surface area contributed by atoms with E-state index in [0.29, 0.717) is 33.7 Å². The molecule has 0 saturated carbocycles. The molecule has 0 spiro atoms. The Kier molecular flexibility index (Phi) is 5.76. The van der Waals surface area contributed by atoms with Gasteiger partial charge in [0.2, 0.25) is 0 Å². The number of hydrogen-bond acceptors (Lipinski definition) is 5. The van der Waals surface area contributed by atoms with Crippen molar-refractivity contribution in [2.75, 3.05) is 7.11 Å². The van der Waals surface area contributed by atoms with E-state index in [1.165, 1.54) is 13.2 Å². The highest BCUT2D eigenvalue weighted by molar-refractivity contribution is 6.30. The van der Waals surface area contributed by atoms with Gasteiger partial charge in [0.15, 0.2) is 0 Å². The molecule has 3 aromatic rings. The lowest BCUT2D eigenvalue weighted by molar-refractivity contribution is 0.0597. The zero-order chi connectivity index (χ0) is 20.3. The van der Waals surface area contributed by atoms with Crippen LogP contribution in [0.25, 0.3) is 0 Å². The molecular weight excluding hydrogens is 380 g/mol. The number of phenols is 3. The zero-order valence-corrected chi connectivity index (χ0v) is 15.9. The molecule has 0 aliphatic rings. The third-order valence-electron chi connectivity index (χ3n) is 4.51. The number of phenolic OH excluding ortho intramolecular Hbond substituents is 3. The van der Waals surface area contributed by atoms with E-state index in [9.17, 15) is 20.1 Å². The summed E-state index contributed by atoms with van der Waals surface area (Å²) in [6.45, 7) is 0. The van der Waals surface area contributed by atoms with Crippen molar-refractivity contribution in [1.29, 1.82) is 0 Å². The van der Waals surface area contributed by atoms with Crippen molar-refractivity contribution in [3.63, 3.8) is 0 Å². The Bertz CT molecular complexity index is 1030. The minimum Gasteiger partial charge on any atom is -0.508 e. The largest absolute Gasteiger partial charge is 0.508 e. The van der Waals surface area contributed by atoms with Crippen LogP contribution in [0.3, 0.4) is 0 Å². The summed E-state index contributed by atoms with van der Waals surface area (Å²) >= 11 is 6.23. The van der Waals surface area contributed by atoms with Crippen molar-refractivity contribution in [2.24, 2.45) is 0 Å². The normalized spacial score (nSPS) is 10.6. The fourth-order valence-electron chi connectivity index (χ4n) is 3.07. The van der Waals surface area contributed by atoms with Crippen LogP contribution in [0.4, 0.5) is 0 Å². The molecule has 3 aromatic carbocycles. The van der Waals surface area contributed by atoms with Gasteiger partial charge in [-0.25, -0.2) is 4.79 Å². The maximum absolute atomic E-state index is 11.8. The summed E-state index contributed by atoms with van der Waals surface area (Å²) in [5.41, 5.74) is 2.20. The molecule has 0 aliphatic carbocycles. The number of benzene rings is 3. The van der Waals surface area contributed by atoms with Gasteiger partial charge < -0.3 is 20.1 Å². The maximum Gasteiger partial charge on any atom is 0.341 e. The Balaban J connectivity index is 1.97. The van der Waals surface area contributed by atoms with E-state index in [2.05, 4.69) is 4.74 Å². The fourth-order valence-corrected chi connectivity index (χ4v) is 3.33. The first kappa shape index (κ1) is 19.6. The molecule has 3 rings (SSSR count). The Morgan fingerprint density at radius 1 is 0.857 bits per heavy atom. The van der Waals surface area contributed by atoms with Crippen LogP contribution in [-0.4, -0.2) is 28.4 Å². The van der Waals surface area contributed by atoms with Crippen LogP contribution in [0.1, 0.15) is 32.6 Å².